The maximum atomic E-state index is 14.1. The van der Waals surface area contributed by atoms with E-state index in [9.17, 15) is 9.59 Å². The van der Waals surface area contributed by atoms with Gasteiger partial charge in [0, 0.05) is 12.6 Å². The van der Waals surface area contributed by atoms with E-state index < -0.39 is 12.1 Å². The van der Waals surface area contributed by atoms with E-state index in [1.165, 1.54) is 0 Å². The van der Waals surface area contributed by atoms with Crippen molar-refractivity contribution in [2.75, 3.05) is 20.3 Å². The normalized spacial score (nSPS) is 17.4. The van der Waals surface area contributed by atoms with Gasteiger partial charge < -0.3 is 24.4 Å². The van der Waals surface area contributed by atoms with Crippen LogP contribution in [0.1, 0.15) is 42.9 Å². The first-order valence-electron chi connectivity index (χ1n) is 13.3. The van der Waals surface area contributed by atoms with Gasteiger partial charge in [0.1, 0.15) is 18.4 Å². The van der Waals surface area contributed by atoms with E-state index >= 15 is 0 Å². The molecular formula is C31H34N2O5. The summed E-state index contributed by atoms with van der Waals surface area (Å²) in [4.78, 5) is 29.7. The molecular weight excluding hydrogens is 480 g/mol. The summed E-state index contributed by atoms with van der Waals surface area (Å²) in [7, 11) is 1.60. The minimum atomic E-state index is -0.860. The summed E-state index contributed by atoms with van der Waals surface area (Å²) >= 11 is 0. The molecule has 1 fully saturated rings. The highest BCUT2D eigenvalue weighted by Crippen LogP contribution is 2.33. The maximum absolute atomic E-state index is 14.1. The Kier molecular flexibility index (Phi) is 8.12. The smallest absolute Gasteiger partial charge is 0.268 e. The number of hydrogen-bond donors (Lipinski definition) is 1. The Morgan fingerprint density at radius 3 is 2.34 bits per heavy atom. The quantitative estimate of drug-likeness (QED) is 0.448. The lowest BCUT2D eigenvalue weighted by atomic mass is 10.0. The number of carbonyl (C=O) groups is 2. The molecule has 1 N–H and O–H groups in total. The van der Waals surface area contributed by atoms with E-state index in [2.05, 4.69) is 5.32 Å². The van der Waals surface area contributed by atoms with Crippen molar-refractivity contribution in [3.8, 4) is 17.2 Å². The fourth-order valence-corrected chi connectivity index (χ4v) is 5.20. The Morgan fingerprint density at radius 2 is 1.63 bits per heavy atom. The van der Waals surface area contributed by atoms with Crippen LogP contribution >= 0.6 is 0 Å². The van der Waals surface area contributed by atoms with Crippen molar-refractivity contribution in [3.63, 3.8) is 0 Å². The fourth-order valence-electron chi connectivity index (χ4n) is 5.20. The van der Waals surface area contributed by atoms with Crippen molar-refractivity contribution in [1.82, 2.24) is 10.2 Å². The number of ether oxygens (including phenoxy) is 3. The van der Waals surface area contributed by atoms with Crippen LogP contribution in [0.3, 0.4) is 0 Å². The van der Waals surface area contributed by atoms with Gasteiger partial charge in [-0.25, -0.2) is 0 Å². The standard InChI is InChI=1S/C31H34N2O5/c1-36-25-17-15-23(16-18-25)29(30(34)32-24-11-5-6-12-24)33(20-19-22-9-3-2-4-10-22)31(35)28-21-37-26-13-7-8-14-27(26)38-28/h2-4,7-10,13-18,24,28-29H,5-6,11-12,19-21H2,1H3,(H,32,34)/t28-,29+/m1/s1. The van der Waals surface area contributed by atoms with Crippen molar-refractivity contribution in [3.05, 3.63) is 90.0 Å². The lowest BCUT2D eigenvalue weighted by molar-refractivity contribution is -0.148. The van der Waals surface area contributed by atoms with Crippen LogP contribution in [0.2, 0.25) is 0 Å². The molecule has 2 amide bonds. The van der Waals surface area contributed by atoms with E-state index in [-0.39, 0.29) is 24.5 Å². The van der Waals surface area contributed by atoms with Gasteiger partial charge in [-0.3, -0.25) is 9.59 Å². The summed E-state index contributed by atoms with van der Waals surface area (Å²) in [6.45, 7) is 0.427. The molecule has 5 rings (SSSR count). The first-order chi connectivity index (χ1) is 18.6. The number of rotatable bonds is 9. The second kappa shape index (κ2) is 12.0. The summed E-state index contributed by atoms with van der Waals surface area (Å²) in [5.41, 5.74) is 1.81. The van der Waals surface area contributed by atoms with Crippen LogP contribution in [0, 0.1) is 0 Å². The molecule has 198 valence electrons. The van der Waals surface area contributed by atoms with Crippen molar-refractivity contribution in [1.29, 1.82) is 0 Å². The van der Waals surface area contributed by atoms with Gasteiger partial charge in [-0.05, 0) is 54.7 Å². The Bertz CT molecular complexity index is 1220. The predicted molar refractivity (Wildman–Crippen MR) is 144 cm³/mol. The van der Waals surface area contributed by atoms with Crippen molar-refractivity contribution >= 4 is 11.8 Å². The summed E-state index contributed by atoms with van der Waals surface area (Å²) < 4.78 is 17.3. The van der Waals surface area contributed by atoms with Gasteiger partial charge in [0.25, 0.3) is 5.91 Å². The van der Waals surface area contributed by atoms with Crippen molar-refractivity contribution in [2.24, 2.45) is 0 Å². The number of benzene rings is 3. The highest BCUT2D eigenvalue weighted by atomic mass is 16.6. The Labute approximate surface area is 223 Å². The predicted octanol–water partition coefficient (Wildman–Crippen LogP) is 4.71. The molecule has 7 nitrogen and oxygen atoms in total. The lowest BCUT2D eigenvalue weighted by Crippen LogP contribution is -2.52. The third kappa shape index (κ3) is 5.93. The minimum absolute atomic E-state index is 0.0806. The number of methoxy groups -OCH3 is 1. The molecule has 1 aliphatic carbocycles. The monoisotopic (exact) mass is 514 g/mol. The SMILES string of the molecule is COc1ccc([C@@H](C(=O)NC2CCCC2)N(CCc2ccccc2)C(=O)[C@H]2COc3ccccc3O2)cc1. The van der Waals surface area contributed by atoms with Crippen LogP contribution in [0.5, 0.6) is 17.2 Å². The van der Waals surface area contributed by atoms with Crippen LogP contribution in [-0.4, -0.2) is 49.1 Å². The van der Waals surface area contributed by atoms with Gasteiger partial charge in [-0.1, -0.05) is 67.4 Å². The zero-order valence-corrected chi connectivity index (χ0v) is 21.7. The molecule has 3 aromatic rings. The summed E-state index contributed by atoms with van der Waals surface area (Å²) in [6, 6.07) is 23.9. The van der Waals surface area contributed by atoms with Gasteiger partial charge >= 0.3 is 0 Å². The van der Waals surface area contributed by atoms with E-state index in [0.717, 1.165) is 36.8 Å². The molecule has 1 aliphatic heterocycles. The molecule has 2 atom stereocenters. The van der Waals surface area contributed by atoms with Gasteiger partial charge in [-0.15, -0.1) is 0 Å². The average molecular weight is 515 g/mol. The fraction of sp³-hybridized carbons (Fsp3) is 0.355. The van der Waals surface area contributed by atoms with Crippen LogP contribution in [-0.2, 0) is 16.0 Å². The third-order valence-corrected chi connectivity index (χ3v) is 7.24. The molecule has 0 radical (unpaired) electrons. The molecule has 0 aromatic heterocycles. The molecule has 7 heteroatoms. The third-order valence-electron chi connectivity index (χ3n) is 7.24. The van der Waals surface area contributed by atoms with Gasteiger partial charge in [0.15, 0.2) is 11.5 Å². The molecule has 0 bridgehead atoms. The van der Waals surface area contributed by atoms with Gasteiger partial charge in [0.2, 0.25) is 12.0 Å². The molecule has 0 unspecified atom stereocenters. The molecule has 0 saturated heterocycles. The first kappa shape index (κ1) is 25.6. The molecule has 38 heavy (non-hydrogen) atoms. The number of carbonyl (C=O) groups excluding carboxylic acids is 2. The Hall–Kier alpha value is -4.00. The van der Waals surface area contributed by atoms with Crippen LogP contribution < -0.4 is 19.5 Å². The highest BCUT2D eigenvalue weighted by molar-refractivity contribution is 5.91. The average Bonchev–Trinajstić information content (AvgIpc) is 3.48. The van der Waals surface area contributed by atoms with Crippen LogP contribution in [0.15, 0.2) is 78.9 Å². The zero-order valence-electron chi connectivity index (χ0n) is 21.7. The van der Waals surface area contributed by atoms with Crippen molar-refractivity contribution < 1.29 is 23.8 Å². The minimum Gasteiger partial charge on any atom is -0.497 e. The second-order valence-electron chi connectivity index (χ2n) is 9.80. The zero-order chi connectivity index (χ0) is 26.3. The number of hydrogen-bond acceptors (Lipinski definition) is 5. The molecule has 1 heterocycles. The number of nitrogens with one attached hydrogen (secondary N) is 1. The summed E-state index contributed by atoms with van der Waals surface area (Å²) in [5, 5.41) is 3.22. The van der Waals surface area contributed by atoms with Crippen LogP contribution in [0.4, 0.5) is 0 Å². The van der Waals surface area contributed by atoms with E-state index in [4.69, 9.17) is 14.2 Å². The lowest BCUT2D eigenvalue weighted by Gasteiger charge is -2.36. The largest absolute Gasteiger partial charge is 0.497 e. The Morgan fingerprint density at radius 1 is 0.947 bits per heavy atom. The summed E-state index contributed by atoms with van der Waals surface area (Å²) in [5.74, 6) is 1.36. The molecule has 1 saturated carbocycles. The molecule has 3 aromatic carbocycles. The second-order valence-corrected chi connectivity index (χ2v) is 9.80. The van der Waals surface area contributed by atoms with Crippen molar-refractivity contribution in [2.45, 2.75) is 50.3 Å². The number of para-hydroxylation sites is 2. The molecule has 2 aliphatic rings. The van der Waals surface area contributed by atoms with Gasteiger partial charge in [0.05, 0.1) is 7.11 Å². The van der Waals surface area contributed by atoms with Gasteiger partial charge in [-0.2, -0.15) is 0 Å². The van der Waals surface area contributed by atoms with E-state index in [0.29, 0.717) is 30.2 Å². The first-order valence-corrected chi connectivity index (χ1v) is 13.3. The van der Waals surface area contributed by atoms with E-state index in [1.54, 1.807) is 18.1 Å². The van der Waals surface area contributed by atoms with Crippen LogP contribution in [0.25, 0.3) is 0 Å². The maximum Gasteiger partial charge on any atom is 0.268 e. The molecule has 0 spiro atoms. The topological polar surface area (TPSA) is 77.1 Å². The Balaban J connectivity index is 1.47. The number of amides is 2. The number of nitrogens with zero attached hydrogens (tertiary/aromatic N) is 1. The number of fused-ring (bicyclic) bond motifs is 1. The summed E-state index contributed by atoms with van der Waals surface area (Å²) in [6.07, 6.45) is 3.84. The highest BCUT2D eigenvalue weighted by Gasteiger charge is 2.38. The van der Waals surface area contributed by atoms with E-state index in [1.807, 2.05) is 72.8 Å².